The number of fused-ring (bicyclic) bond motifs is 2. The summed E-state index contributed by atoms with van der Waals surface area (Å²) in [5.41, 5.74) is 3.80. The zero-order valence-electron chi connectivity index (χ0n) is 26.5. The Morgan fingerprint density at radius 2 is 1.61 bits per heavy atom. The Morgan fingerprint density at radius 1 is 0.935 bits per heavy atom. The molecular weight excluding hydrogens is 598 g/mol. The van der Waals surface area contributed by atoms with Crippen LogP contribution in [-0.2, 0) is 33.2 Å². The van der Waals surface area contributed by atoms with Crippen molar-refractivity contribution in [3.05, 3.63) is 125 Å². The van der Waals surface area contributed by atoms with E-state index in [1.165, 1.54) is 19.2 Å². The van der Waals surface area contributed by atoms with Crippen LogP contribution in [0, 0.1) is 6.92 Å². The lowest BCUT2D eigenvalue weighted by Gasteiger charge is -2.42. The van der Waals surface area contributed by atoms with Crippen LogP contribution in [-0.4, -0.2) is 46.5 Å². The molecule has 4 aromatic rings. The molecule has 0 aliphatic carbocycles. The molecule has 0 saturated carbocycles. The van der Waals surface area contributed by atoms with Crippen LogP contribution in [0.4, 0.5) is 5.69 Å². The molecule has 2 heterocycles. The van der Waals surface area contributed by atoms with Crippen molar-refractivity contribution in [3.63, 3.8) is 0 Å². The number of nitrogens with one attached hydrogen (secondary N) is 2. The molecule has 1 spiro atoms. The Bertz CT molecular complexity index is 1870. The standard InChI is InChI=1S/C37H39N3O5S/c1-26-9-7-8-12-30(26)25-39-36(42)29-13-18-34-33(24-29)37(19-21-38-22-20-37)27(2)40(34,35(41)23-28-10-5-4-6-11-28)46(43,44)32-16-14-31(45-3)15-17-32/h4-18,24,27,38H,19-23,25H2,1-3H3/p+1. The van der Waals surface area contributed by atoms with Crippen LogP contribution in [0.25, 0.3) is 0 Å². The predicted octanol–water partition coefficient (Wildman–Crippen LogP) is 5.42. The van der Waals surface area contributed by atoms with Gasteiger partial charge in [-0.2, -0.15) is 8.42 Å². The third kappa shape index (κ3) is 5.12. The minimum absolute atomic E-state index is 0.0403. The number of ether oxygens (including phenoxy) is 1. The van der Waals surface area contributed by atoms with E-state index < -0.39 is 31.3 Å². The number of quaternary nitrogens is 1. The maximum Gasteiger partial charge on any atom is 0.339 e. The number of aryl methyl sites for hydroxylation is 1. The lowest BCUT2D eigenvalue weighted by atomic mass is 9.70. The van der Waals surface area contributed by atoms with E-state index in [1.807, 2.05) is 74.5 Å². The van der Waals surface area contributed by atoms with Gasteiger partial charge < -0.3 is 15.4 Å². The average molecular weight is 639 g/mol. The van der Waals surface area contributed by atoms with Crippen molar-refractivity contribution >= 4 is 27.5 Å². The van der Waals surface area contributed by atoms with E-state index in [9.17, 15) is 9.59 Å². The minimum Gasteiger partial charge on any atom is -0.497 e. The third-order valence-electron chi connectivity index (χ3n) is 10.00. The normalized spacial score (nSPS) is 20.2. The molecule has 0 radical (unpaired) electrons. The molecule has 1 saturated heterocycles. The van der Waals surface area contributed by atoms with Gasteiger partial charge in [-0.25, -0.2) is 4.79 Å². The molecule has 2 aliphatic rings. The van der Waals surface area contributed by atoms with Gasteiger partial charge in [0.15, 0.2) is 5.69 Å². The van der Waals surface area contributed by atoms with Crippen molar-refractivity contribution in [1.29, 1.82) is 0 Å². The highest BCUT2D eigenvalue weighted by Gasteiger charge is 2.69. The molecule has 2 aliphatic heterocycles. The number of hydrogen-bond acceptors (Lipinski definition) is 6. The van der Waals surface area contributed by atoms with Gasteiger partial charge in [0.25, 0.3) is 5.91 Å². The topological polar surface area (TPSA) is 102 Å². The van der Waals surface area contributed by atoms with Gasteiger partial charge >= 0.3 is 15.9 Å². The monoisotopic (exact) mass is 638 g/mol. The Morgan fingerprint density at radius 3 is 2.28 bits per heavy atom. The van der Waals surface area contributed by atoms with Gasteiger partial charge in [0, 0.05) is 23.7 Å². The fourth-order valence-electron chi connectivity index (χ4n) is 7.42. The highest BCUT2D eigenvalue weighted by atomic mass is 32.2. The average Bonchev–Trinajstić information content (AvgIpc) is 3.29. The SMILES string of the molecule is COc1ccc(S(=O)(=O)[N+]2(C(=O)Cc3ccccc3)c3ccc(C(=O)NCc4ccccc4C)cc3C3(CCNCC3)C2C)cc1. The van der Waals surface area contributed by atoms with Gasteiger partial charge in [-0.15, -0.1) is 3.89 Å². The van der Waals surface area contributed by atoms with Crippen LogP contribution in [0.5, 0.6) is 5.75 Å². The summed E-state index contributed by atoms with van der Waals surface area (Å²) in [7, 11) is -2.83. The molecule has 2 atom stereocenters. The van der Waals surface area contributed by atoms with Crippen molar-refractivity contribution in [2.24, 2.45) is 0 Å². The first-order chi connectivity index (χ1) is 22.1. The van der Waals surface area contributed by atoms with E-state index in [4.69, 9.17) is 4.74 Å². The van der Waals surface area contributed by atoms with E-state index in [0.29, 0.717) is 49.5 Å². The summed E-state index contributed by atoms with van der Waals surface area (Å²) in [4.78, 5) is 28.5. The summed E-state index contributed by atoms with van der Waals surface area (Å²) >= 11 is 0. The molecule has 2 N–H and O–H groups in total. The Labute approximate surface area is 271 Å². The number of carbonyl (C=O) groups excluding carboxylic acids is 2. The first-order valence-corrected chi connectivity index (χ1v) is 17.1. The smallest absolute Gasteiger partial charge is 0.339 e. The van der Waals surface area contributed by atoms with Crippen LogP contribution < -0.4 is 19.3 Å². The minimum atomic E-state index is -4.36. The van der Waals surface area contributed by atoms with E-state index in [1.54, 1.807) is 24.3 Å². The second kappa shape index (κ2) is 12.5. The van der Waals surface area contributed by atoms with Crippen LogP contribution in [0.1, 0.15) is 52.4 Å². The summed E-state index contributed by atoms with van der Waals surface area (Å²) in [6, 6.07) is 27.9. The summed E-state index contributed by atoms with van der Waals surface area (Å²) in [5.74, 6) is -0.156. The predicted molar refractivity (Wildman–Crippen MR) is 179 cm³/mol. The number of benzene rings is 4. The maximum absolute atomic E-state index is 15.1. The van der Waals surface area contributed by atoms with Crippen molar-refractivity contribution < 1.29 is 22.7 Å². The highest BCUT2D eigenvalue weighted by molar-refractivity contribution is 7.91. The van der Waals surface area contributed by atoms with Gasteiger partial charge in [-0.3, -0.25) is 4.79 Å². The van der Waals surface area contributed by atoms with Crippen LogP contribution in [0.15, 0.2) is 102 Å². The van der Waals surface area contributed by atoms with Crippen LogP contribution in [0.2, 0.25) is 0 Å². The maximum atomic E-state index is 15.1. The molecule has 2 amide bonds. The number of methoxy groups -OCH3 is 1. The number of hydrogen-bond donors (Lipinski definition) is 2. The first kappa shape index (κ1) is 31.7. The zero-order valence-corrected chi connectivity index (χ0v) is 27.3. The lowest BCUT2D eigenvalue weighted by molar-refractivity contribution is -0.127. The summed E-state index contributed by atoms with van der Waals surface area (Å²) in [6.45, 7) is 5.61. The summed E-state index contributed by atoms with van der Waals surface area (Å²) in [6.07, 6.45) is 1.20. The number of piperidine rings is 1. The molecule has 46 heavy (non-hydrogen) atoms. The van der Waals surface area contributed by atoms with Gasteiger partial charge in [-0.05, 0) is 92.9 Å². The molecule has 8 nitrogen and oxygen atoms in total. The molecular formula is C37H40N3O5S+. The number of carbonyl (C=O) groups is 2. The molecule has 238 valence electrons. The largest absolute Gasteiger partial charge is 0.497 e. The number of nitrogens with zero attached hydrogens (tertiary/aromatic N) is 1. The molecule has 6 rings (SSSR count). The Balaban J connectivity index is 1.51. The molecule has 1 fully saturated rings. The molecule has 2 unspecified atom stereocenters. The quantitative estimate of drug-likeness (QED) is 0.250. The molecule has 9 heteroatoms. The van der Waals surface area contributed by atoms with Gasteiger partial charge in [0.1, 0.15) is 16.7 Å². The van der Waals surface area contributed by atoms with Gasteiger partial charge in [0.05, 0.1) is 18.9 Å². The highest BCUT2D eigenvalue weighted by Crippen LogP contribution is 2.57. The van der Waals surface area contributed by atoms with Crippen molar-refractivity contribution in [2.75, 3.05) is 20.2 Å². The van der Waals surface area contributed by atoms with E-state index in [0.717, 1.165) is 22.3 Å². The van der Waals surface area contributed by atoms with Crippen molar-refractivity contribution in [3.8, 4) is 5.75 Å². The fraction of sp³-hybridized carbons (Fsp3) is 0.297. The summed E-state index contributed by atoms with van der Waals surface area (Å²) < 4.78 is 34.7. The molecule has 0 aromatic heterocycles. The zero-order chi connectivity index (χ0) is 32.5. The second-order valence-corrected chi connectivity index (χ2v) is 14.3. The van der Waals surface area contributed by atoms with Crippen LogP contribution in [0.3, 0.4) is 0 Å². The van der Waals surface area contributed by atoms with Crippen molar-refractivity contribution in [2.45, 2.75) is 56.0 Å². The van der Waals surface area contributed by atoms with E-state index in [2.05, 4.69) is 10.6 Å². The van der Waals surface area contributed by atoms with Gasteiger partial charge in [-0.1, -0.05) is 54.6 Å². The number of sulfonamides is 1. The molecule has 0 bridgehead atoms. The first-order valence-electron chi connectivity index (χ1n) is 15.7. The summed E-state index contributed by atoms with van der Waals surface area (Å²) in [5, 5.41) is 6.45. The van der Waals surface area contributed by atoms with E-state index >= 15 is 8.42 Å². The second-order valence-electron chi connectivity index (χ2n) is 12.3. The molecule has 4 aromatic carbocycles. The number of amides is 2. The fourth-order valence-corrected chi connectivity index (χ4v) is 9.60. The van der Waals surface area contributed by atoms with Gasteiger partial charge in [0.2, 0.25) is 0 Å². The third-order valence-corrected chi connectivity index (χ3v) is 12.3. The Hall–Kier alpha value is -4.31. The number of rotatable bonds is 8. The van der Waals surface area contributed by atoms with Crippen molar-refractivity contribution in [1.82, 2.24) is 14.5 Å². The van der Waals surface area contributed by atoms with E-state index in [-0.39, 0.29) is 17.2 Å². The van der Waals surface area contributed by atoms with Crippen LogP contribution >= 0.6 is 0 Å². The Kier molecular flexibility index (Phi) is 8.58. The lowest BCUT2D eigenvalue weighted by Crippen LogP contribution is -2.66.